The molecule has 0 bridgehead atoms. The number of hydrogen-bond donors (Lipinski definition) is 3. The maximum Gasteiger partial charge on any atom is 0.339 e. The monoisotopic (exact) mass is 400 g/mol. The molecule has 0 spiro atoms. The number of hydrogen-bond acceptors (Lipinski definition) is 6. The fourth-order valence-corrected chi connectivity index (χ4v) is 3.01. The Bertz CT molecular complexity index is 303. The first kappa shape index (κ1) is 24.1. The molecule has 6 nitrogen and oxygen atoms in total. The number of esters is 1. The quantitative estimate of drug-likeness (QED) is 0.0662. The first-order chi connectivity index (χ1) is 11.6. The molecule has 0 heterocycles. The van der Waals surface area contributed by atoms with Gasteiger partial charge in [-0.15, -0.1) is 0 Å². The minimum Gasteiger partial charge on any atom is -0.456 e. The zero-order chi connectivity index (χ0) is 18.0. The molecule has 0 aliphatic carbocycles. The number of alkyl halides is 2. The molecule has 2 radical (unpaired) electrons. The maximum absolute atomic E-state index is 11.3. The Balaban J connectivity index is 3.47. The molecular weight excluding hydrogens is 371 g/mol. The third-order valence-electron chi connectivity index (χ3n) is 3.30. The second-order valence-corrected chi connectivity index (χ2v) is 8.21. The molecule has 0 aromatic carbocycles. The number of carbonyl (C=O) groups excluding carboxylic acids is 1. The first-order valence-corrected chi connectivity index (χ1v) is 10.8. The predicted octanol–water partition coefficient (Wildman–Crippen LogP) is 2.84. The summed E-state index contributed by atoms with van der Waals surface area (Å²) in [6.07, 6.45) is 5.74. The molecule has 0 rings (SSSR count). The highest BCUT2D eigenvalue weighted by Gasteiger charge is 2.19. The summed E-state index contributed by atoms with van der Waals surface area (Å²) < 4.78 is 4.97. The summed E-state index contributed by atoms with van der Waals surface area (Å²) in [4.78, 5) is 14.1. The Morgan fingerprint density at radius 3 is 2.54 bits per heavy atom. The van der Waals surface area contributed by atoms with Gasteiger partial charge < -0.3 is 15.4 Å². The Morgan fingerprint density at radius 1 is 1.17 bits per heavy atom. The van der Waals surface area contributed by atoms with Crippen LogP contribution in [0.2, 0.25) is 12.1 Å². The number of carbonyl (C=O) groups is 1. The van der Waals surface area contributed by atoms with Crippen LogP contribution in [0.1, 0.15) is 39.0 Å². The van der Waals surface area contributed by atoms with Gasteiger partial charge in [-0.05, 0) is 13.0 Å². The molecule has 0 aromatic rings. The van der Waals surface area contributed by atoms with Gasteiger partial charge in [0, 0.05) is 22.7 Å². The van der Waals surface area contributed by atoms with Crippen molar-refractivity contribution in [2.45, 2.75) is 62.1 Å². The molecule has 142 valence electrons. The molecule has 0 aliphatic rings. The van der Waals surface area contributed by atoms with Gasteiger partial charge in [0.2, 0.25) is 4.84 Å². The number of halogens is 2. The SMILES string of the molecule is CC[Si]CCCCCCCNCNCC(COO)OC(=O)C(Cl)Cl. The summed E-state index contributed by atoms with van der Waals surface area (Å²) in [6.45, 7) is 3.96. The van der Waals surface area contributed by atoms with Crippen molar-refractivity contribution in [1.29, 1.82) is 0 Å². The largest absolute Gasteiger partial charge is 0.456 e. The van der Waals surface area contributed by atoms with Crippen LogP contribution >= 0.6 is 23.2 Å². The lowest BCUT2D eigenvalue weighted by molar-refractivity contribution is -0.258. The fourth-order valence-electron chi connectivity index (χ4n) is 2.05. The predicted molar refractivity (Wildman–Crippen MR) is 99.0 cm³/mol. The minimum atomic E-state index is -1.24. The van der Waals surface area contributed by atoms with Gasteiger partial charge in [0.15, 0.2) is 0 Å². The third kappa shape index (κ3) is 15.6. The number of unbranched alkanes of at least 4 members (excludes halogenated alkanes) is 4. The van der Waals surface area contributed by atoms with Crippen LogP contribution in [-0.2, 0) is 14.4 Å². The molecule has 0 saturated carbocycles. The Kier molecular flexibility index (Phi) is 18.0. The normalized spacial score (nSPS) is 12.5. The van der Waals surface area contributed by atoms with Gasteiger partial charge in [0.1, 0.15) is 12.7 Å². The van der Waals surface area contributed by atoms with Crippen molar-refractivity contribution in [1.82, 2.24) is 10.6 Å². The highest BCUT2D eigenvalue weighted by molar-refractivity contribution is 6.52. The molecule has 1 unspecified atom stereocenters. The molecule has 0 aromatic heterocycles. The first-order valence-electron chi connectivity index (χ1n) is 8.49. The molecule has 0 fully saturated rings. The van der Waals surface area contributed by atoms with Crippen LogP contribution in [-0.4, -0.2) is 58.1 Å². The topological polar surface area (TPSA) is 79.8 Å². The number of ether oxygens (including phenoxy) is 1. The second kappa shape index (κ2) is 17.9. The van der Waals surface area contributed by atoms with E-state index in [0.717, 1.165) is 22.5 Å². The summed E-state index contributed by atoms with van der Waals surface area (Å²) in [5.74, 6) is -0.755. The van der Waals surface area contributed by atoms with E-state index in [1.165, 1.54) is 37.8 Å². The lowest BCUT2D eigenvalue weighted by Gasteiger charge is -2.17. The van der Waals surface area contributed by atoms with Crippen molar-refractivity contribution in [3.63, 3.8) is 0 Å². The van der Waals surface area contributed by atoms with Crippen LogP contribution in [0, 0.1) is 0 Å². The van der Waals surface area contributed by atoms with Gasteiger partial charge in [-0.2, -0.15) is 0 Å². The van der Waals surface area contributed by atoms with E-state index < -0.39 is 16.9 Å². The van der Waals surface area contributed by atoms with E-state index >= 15 is 0 Å². The smallest absolute Gasteiger partial charge is 0.339 e. The Morgan fingerprint density at radius 2 is 1.88 bits per heavy atom. The summed E-state index contributed by atoms with van der Waals surface area (Å²) in [5, 5.41) is 14.8. The third-order valence-corrected chi connectivity index (χ3v) is 4.86. The molecule has 3 N–H and O–H groups in total. The van der Waals surface area contributed by atoms with E-state index in [1.807, 2.05) is 0 Å². The van der Waals surface area contributed by atoms with E-state index in [0.29, 0.717) is 13.2 Å². The van der Waals surface area contributed by atoms with E-state index in [-0.39, 0.29) is 6.61 Å². The average molecular weight is 401 g/mol. The van der Waals surface area contributed by atoms with Gasteiger partial charge in [0.25, 0.3) is 0 Å². The molecule has 24 heavy (non-hydrogen) atoms. The Labute approximate surface area is 157 Å². The average Bonchev–Trinajstić information content (AvgIpc) is 2.55. The van der Waals surface area contributed by atoms with E-state index in [2.05, 4.69) is 22.4 Å². The van der Waals surface area contributed by atoms with Crippen LogP contribution in [0.25, 0.3) is 0 Å². The summed E-state index contributed by atoms with van der Waals surface area (Å²) in [6, 6.07) is 2.70. The van der Waals surface area contributed by atoms with Crippen molar-refractivity contribution < 1.29 is 19.7 Å². The highest BCUT2D eigenvalue weighted by atomic mass is 35.5. The number of nitrogens with one attached hydrogen (secondary N) is 2. The maximum atomic E-state index is 11.3. The van der Waals surface area contributed by atoms with Gasteiger partial charge in [-0.3, -0.25) is 5.26 Å². The molecule has 0 saturated heterocycles. The van der Waals surface area contributed by atoms with Crippen molar-refractivity contribution in [3.8, 4) is 0 Å². The molecule has 0 aliphatic heterocycles. The van der Waals surface area contributed by atoms with Crippen molar-refractivity contribution in [3.05, 3.63) is 0 Å². The van der Waals surface area contributed by atoms with Gasteiger partial charge in [-0.25, -0.2) is 9.68 Å². The summed E-state index contributed by atoms with van der Waals surface area (Å²) in [5.41, 5.74) is 0. The van der Waals surface area contributed by atoms with Crippen LogP contribution in [0.15, 0.2) is 0 Å². The zero-order valence-electron chi connectivity index (χ0n) is 14.4. The van der Waals surface area contributed by atoms with Gasteiger partial charge in [-0.1, -0.05) is 67.9 Å². The van der Waals surface area contributed by atoms with Crippen LogP contribution in [0.5, 0.6) is 0 Å². The van der Waals surface area contributed by atoms with Gasteiger partial charge >= 0.3 is 5.97 Å². The summed E-state index contributed by atoms with van der Waals surface area (Å²) >= 11 is 10.8. The molecule has 1 atom stereocenters. The second-order valence-electron chi connectivity index (χ2n) is 5.41. The van der Waals surface area contributed by atoms with Crippen LogP contribution in [0.3, 0.4) is 0 Å². The summed E-state index contributed by atoms with van der Waals surface area (Å²) in [7, 11) is 1.13. The lowest BCUT2D eigenvalue weighted by atomic mass is 10.1. The van der Waals surface area contributed by atoms with Crippen molar-refractivity contribution >= 4 is 38.7 Å². The lowest BCUT2D eigenvalue weighted by Crippen LogP contribution is -2.39. The van der Waals surface area contributed by atoms with E-state index in [4.69, 9.17) is 33.2 Å². The molecule has 9 heteroatoms. The van der Waals surface area contributed by atoms with Crippen LogP contribution in [0.4, 0.5) is 0 Å². The van der Waals surface area contributed by atoms with E-state index in [9.17, 15) is 4.79 Å². The van der Waals surface area contributed by atoms with Crippen molar-refractivity contribution in [2.24, 2.45) is 0 Å². The molecule has 0 amide bonds. The number of rotatable bonds is 17. The van der Waals surface area contributed by atoms with Gasteiger partial charge in [0.05, 0.1) is 0 Å². The highest BCUT2D eigenvalue weighted by Crippen LogP contribution is 2.06. The van der Waals surface area contributed by atoms with Crippen LogP contribution < -0.4 is 10.6 Å². The van der Waals surface area contributed by atoms with Crippen molar-refractivity contribution in [2.75, 3.05) is 26.4 Å². The zero-order valence-corrected chi connectivity index (χ0v) is 16.9. The molecular formula is C15H30Cl2N2O4Si. The van der Waals surface area contributed by atoms with E-state index in [1.54, 1.807) is 0 Å². The fraction of sp³-hybridized carbons (Fsp3) is 0.933. The standard InChI is InChI=1S/C15H30Cl2N2O4Si/c1-2-24-9-7-5-3-4-6-8-18-12-19-10-13(11-22-21)23-15(20)14(16)17/h13-14,18-19,21H,2-12H2,1H3. The minimum absolute atomic E-state index is 0.141. The Hall–Kier alpha value is 0.107.